The molecule has 9 aromatic rings. The molecular weight excluding hydrogens is 611 g/mol. The van der Waals surface area contributed by atoms with Crippen molar-refractivity contribution in [2.75, 3.05) is 0 Å². The Morgan fingerprint density at radius 2 is 1.10 bits per heavy atom. The Morgan fingerprint density at radius 1 is 0.480 bits per heavy atom. The average molecular weight is 642 g/mol. The molecule has 236 valence electrons. The maximum Gasteiger partial charge on any atom is 0.164 e. The van der Waals surface area contributed by atoms with Crippen molar-refractivity contribution in [2.24, 2.45) is 0 Å². The number of hydrogen-bond donors (Lipinski definition) is 0. The van der Waals surface area contributed by atoms with Gasteiger partial charge in [-0.2, -0.15) is 0 Å². The van der Waals surface area contributed by atoms with Crippen molar-refractivity contribution in [3.05, 3.63) is 163 Å². The fourth-order valence-electron chi connectivity index (χ4n) is 7.74. The minimum Gasteiger partial charge on any atom is -0.294 e. The molecule has 6 aromatic carbocycles. The third kappa shape index (κ3) is 4.33. The highest BCUT2D eigenvalue weighted by Crippen LogP contribution is 2.50. The smallest absolute Gasteiger partial charge is 0.164 e. The van der Waals surface area contributed by atoms with Crippen molar-refractivity contribution in [3.63, 3.8) is 0 Å². The van der Waals surface area contributed by atoms with Gasteiger partial charge >= 0.3 is 0 Å². The molecule has 3 heterocycles. The van der Waals surface area contributed by atoms with Gasteiger partial charge in [0.2, 0.25) is 0 Å². The van der Waals surface area contributed by atoms with Gasteiger partial charge in [0.05, 0.1) is 5.52 Å². The highest BCUT2D eigenvalue weighted by atomic mass is 15.0. The molecule has 5 nitrogen and oxygen atoms in total. The molecule has 0 saturated heterocycles. The van der Waals surface area contributed by atoms with E-state index in [1.807, 2.05) is 30.5 Å². The second-order valence-electron chi connectivity index (χ2n) is 13.6. The Balaban J connectivity index is 1.11. The lowest BCUT2D eigenvalue weighted by molar-refractivity contribution is 0.660. The molecule has 10 rings (SSSR count). The predicted molar refractivity (Wildman–Crippen MR) is 203 cm³/mol. The van der Waals surface area contributed by atoms with Gasteiger partial charge in [-0.1, -0.05) is 117 Å². The van der Waals surface area contributed by atoms with Crippen molar-refractivity contribution >= 4 is 32.7 Å². The van der Waals surface area contributed by atoms with Crippen LogP contribution in [0.3, 0.4) is 0 Å². The van der Waals surface area contributed by atoms with Crippen LogP contribution in [-0.2, 0) is 5.41 Å². The normalized spacial score (nSPS) is 13.2. The number of pyridine rings is 1. The van der Waals surface area contributed by atoms with Crippen LogP contribution in [0.25, 0.3) is 83.7 Å². The molecular formula is C45H31N5. The topological polar surface area (TPSA) is 56.5 Å². The zero-order valence-corrected chi connectivity index (χ0v) is 27.7. The van der Waals surface area contributed by atoms with Crippen LogP contribution in [0.4, 0.5) is 0 Å². The quantitative estimate of drug-likeness (QED) is 0.192. The van der Waals surface area contributed by atoms with Gasteiger partial charge in [-0.05, 0) is 75.5 Å². The summed E-state index contributed by atoms with van der Waals surface area (Å²) in [4.78, 5) is 20.0. The minimum absolute atomic E-state index is 0.251. The van der Waals surface area contributed by atoms with Gasteiger partial charge in [0.1, 0.15) is 5.65 Å². The lowest BCUT2D eigenvalue weighted by Gasteiger charge is -2.23. The summed E-state index contributed by atoms with van der Waals surface area (Å²) >= 11 is 0. The van der Waals surface area contributed by atoms with Crippen LogP contribution in [-0.4, -0.2) is 24.5 Å². The fraction of sp³-hybridized carbons (Fsp3) is 0.0667. The van der Waals surface area contributed by atoms with Crippen molar-refractivity contribution in [1.82, 2.24) is 24.5 Å². The summed E-state index contributed by atoms with van der Waals surface area (Å²) in [7, 11) is 0. The van der Waals surface area contributed by atoms with Crippen LogP contribution in [0.5, 0.6) is 0 Å². The lowest BCUT2D eigenvalue weighted by atomic mass is 9.82. The first-order chi connectivity index (χ1) is 24.5. The first-order valence-electron chi connectivity index (χ1n) is 17.0. The van der Waals surface area contributed by atoms with Gasteiger partial charge < -0.3 is 0 Å². The van der Waals surface area contributed by atoms with E-state index in [0.29, 0.717) is 17.5 Å². The number of hydrogen-bond acceptors (Lipinski definition) is 4. The number of nitrogens with zero attached hydrogens (tertiary/aromatic N) is 5. The molecule has 1 aliphatic carbocycles. The summed E-state index contributed by atoms with van der Waals surface area (Å²) in [5.74, 6) is 1.98. The van der Waals surface area contributed by atoms with Crippen LogP contribution in [0.2, 0.25) is 0 Å². The van der Waals surface area contributed by atoms with Gasteiger partial charge in [0, 0.05) is 44.8 Å². The van der Waals surface area contributed by atoms with E-state index in [-0.39, 0.29) is 5.41 Å². The lowest BCUT2D eigenvalue weighted by Crippen LogP contribution is -2.15. The molecule has 0 fully saturated rings. The van der Waals surface area contributed by atoms with E-state index in [0.717, 1.165) is 44.3 Å². The zero-order chi connectivity index (χ0) is 33.4. The molecule has 5 heteroatoms. The molecule has 0 N–H and O–H groups in total. The van der Waals surface area contributed by atoms with E-state index >= 15 is 0 Å². The number of rotatable bonds is 4. The summed E-state index contributed by atoms with van der Waals surface area (Å²) in [6, 6.07) is 51.2. The molecule has 0 aliphatic heterocycles. The van der Waals surface area contributed by atoms with E-state index in [4.69, 9.17) is 19.9 Å². The van der Waals surface area contributed by atoms with Crippen molar-refractivity contribution in [3.8, 4) is 51.0 Å². The predicted octanol–water partition coefficient (Wildman–Crippen LogP) is 10.8. The van der Waals surface area contributed by atoms with Crippen LogP contribution in [0, 0.1) is 0 Å². The standard InChI is InChI=1S/C45H31N5/c1-45(2)38-26-32(43-48-41(29-12-4-3-5-13-29)47-42(49-43)31-19-18-28-11-6-7-14-30(28)25-31)20-22-34(38)35-23-21-33(27-39(35)45)50-40-17-9-8-15-36(40)37-16-10-24-46-44(37)50/h3-27H,1-2H3. The monoisotopic (exact) mass is 641 g/mol. The highest BCUT2D eigenvalue weighted by molar-refractivity contribution is 6.07. The summed E-state index contributed by atoms with van der Waals surface area (Å²) in [6.07, 6.45) is 1.88. The van der Waals surface area contributed by atoms with Crippen molar-refractivity contribution in [2.45, 2.75) is 19.3 Å². The molecule has 50 heavy (non-hydrogen) atoms. The third-order valence-electron chi connectivity index (χ3n) is 10.3. The van der Waals surface area contributed by atoms with Crippen LogP contribution in [0.1, 0.15) is 25.0 Å². The third-order valence-corrected chi connectivity index (χ3v) is 10.3. The minimum atomic E-state index is -0.251. The number of fused-ring (bicyclic) bond motifs is 7. The Kier molecular flexibility index (Phi) is 6.15. The Morgan fingerprint density at radius 3 is 1.92 bits per heavy atom. The first kappa shape index (κ1) is 28.5. The van der Waals surface area contributed by atoms with Crippen molar-refractivity contribution in [1.29, 1.82) is 0 Å². The van der Waals surface area contributed by atoms with Gasteiger partial charge in [0.15, 0.2) is 17.5 Å². The van der Waals surface area contributed by atoms with E-state index in [1.54, 1.807) is 0 Å². The van der Waals surface area contributed by atoms with E-state index < -0.39 is 0 Å². The molecule has 0 unspecified atom stereocenters. The molecule has 3 aromatic heterocycles. The Bertz CT molecular complexity index is 2740. The molecule has 0 bridgehead atoms. The van der Waals surface area contributed by atoms with Gasteiger partial charge in [-0.15, -0.1) is 0 Å². The average Bonchev–Trinajstić information content (AvgIpc) is 3.62. The number of benzene rings is 6. The highest BCUT2D eigenvalue weighted by Gasteiger charge is 2.36. The Labute approximate surface area is 289 Å². The zero-order valence-electron chi connectivity index (χ0n) is 27.7. The SMILES string of the molecule is CC1(C)c2cc(-c3nc(-c4ccccc4)nc(-c4ccc5ccccc5c4)n3)ccc2-c2ccc(-n3c4ccccc4c4cccnc43)cc21. The molecule has 1 aliphatic rings. The van der Waals surface area contributed by atoms with E-state index in [2.05, 4.69) is 140 Å². The van der Waals surface area contributed by atoms with Gasteiger partial charge in [-0.3, -0.25) is 4.57 Å². The molecule has 0 atom stereocenters. The Hall–Kier alpha value is -6.46. The van der Waals surface area contributed by atoms with Crippen LogP contribution >= 0.6 is 0 Å². The second kappa shape index (κ2) is 10.8. The maximum atomic E-state index is 5.10. The molecule has 0 saturated carbocycles. The van der Waals surface area contributed by atoms with Crippen molar-refractivity contribution < 1.29 is 0 Å². The molecule has 0 amide bonds. The second-order valence-corrected chi connectivity index (χ2v) is 13.6. The summed E-state index contributed by atoms with van der Waals surface area (Å²) < 4.78 is 2.29. The van der Waals surface area contributed by atoms with E-state index in [9.17, 15) is 0 Å². The molecule has 0 radical (unpaired) electrons. The summed E-state index contributed by atoms with van der Waals surface area (Å²) in [5.41, 5.74) is 10.9. The van der Waals surface area contributed by atoms with Gasteiger partial charge in [0.25, 0.3) is 0 Å². The summed E-state index contributed by atoms with van der Waals surface area (Å²) in [5, 5.41) is 4.71. The summed E-state index contributed by atoms with van der Waals surface area (Å²) in [6.45, 7) is 4.64. The largest absolute Gasteiger partial charge is 0.294 e. The van der Waals surface area contributed by atoms with Gasteiger partial charge in [-0.25, -0.2) is 19.9 Å². The molecule has 0 spiro atoms. The van der Waals surface area contributed by atoms with E-state index in [1.165, 1.54) is 33.0 Å². The van der Waals surface area contributed by atoms with Crippen LogP contribution in [0.15, 0.2) is 152 Å². The maximum absolute atomic E-state index is 5.10. The first-order valence-corrected chi connectivity index (χ1v) is 17.0. The number of para-hydroxylation sites is 1. The van der Waals surface area contributed by atoms with Crippen LogP contribution < -0.4 is 0 Å². The fourth-order valence-corrected chi connectivity index (χ4v) is 7.74. The number of aromatic nitrogens is 5.